The molecular formula is C25H45N5O8Si. The summed E-state index contributed by atoms with van der Waals surface area (Å²) in [4.78, 5) is 65.3. The van der Waals surface area contributed by atoms with Crippen LogP contribution in [0.15, 0.2) is 0 Å². The number of carbonyl (C=O) groups excluding carboxylic acids is 4. The summed E-state index contributed by atoms with van der Waals surface area (Å²) in [5, 5.41) is 23.7. The third-order valence-electron chi connectivity index (χ3n) is 8.11. The molecule has 2 heterocycles. The van der Waals surface area contributed by atoms with Crippen molar-refractivity contribution in [2.45, 2.75) is 89.9 Å². The van der Waals surface area contributed by atoms with Crippen molar-refractivity contribution in [3.8, 4) is 0 Å². The van der Waals surface area contributed by atoms with Crippen LogP contribution in [0.25, 0.3) is 0 Å². The van der Waals surface area contributed by atoms with E-state index >= 15 is 0 Å². The van der Waals surface area contributed by atoms with Gasteiger partial charge in [-0.3, -0.25) is 19.2 Å². The molecule has 2 rings (SSSR count). The summed E-state index contributed by atoms with van der Waals surface area (Å²) in [6.07, 6.45) is -2.37. The van der Waals surface area contributed by atoms with Crippen LogP contribution in [0.4, 0.5) is 4.79 Å². The zero-order valence-corrected chi connectivity index (χ0v) is 25.0. The van der Waals surface area contributed by atoms with E-state index in [9.17, 15) is 34.2 Å². The van der Waals surface area contributed by atoms with Crippen molar-refractivity contribution < 1.29 is 38.6 Å². The highest BCUT2D eigenvalue weighted by Crippen LogP contribution is 2.37. The molecule has 0 radical (unpaired) electrons. The second-order valence-electron chi connectivity index (χ2n) is 12.2. The Kier molecular flexibility index (Phi) is 10.5. The van der Waals surface area contributed by atoms with Crippen molar-refractivity contribution >= 4 is 38.0 Å². The molecule has 0 spiro atoms. The van der Waals surface area contributed by atoms with E-state index in [0.29, 0.717) is 25.9 Å². The molecule has 0 bridgehead atoms. The Balaban J connectivity index is 2.01. The standard InChI is InChI=1S/C25H45N5O8Si/c1-14(31)18(20(26)32)27-21(33)16-8-10-29(12-16)22(34)17-9-11-30(13-17)23(35)19(28-24(36)37)15(2)38-39(6,7)25(3,4)5/h14-19,28,31H,8-13H2,1-7H3,(H2,26,32)(H,27,33)(H,36,37)/t14?,15?,16-,17+,18?,19?/m0/s1. The maximum absolute atomic E-state index is 13.4. The summed E-state index contributed by atoms with van der Waals surface area (Å²) in [5.41, 5.74) is 5.24. The largest absolute Gasteiger partial charge is 0.465 e. The van der Waals surface area contributed by atoms with Crippen molar-refractivity contribution in [1.82, 2.24) is 20.4 Å². The van der Waals surface area contributed by atoms with E-state index in [-0.39, 0.29) is 24.0 Å². The fourth-order valence-electron chi connectivity index (χ4n) is 4.71. The Labute approximate surface area is 230 Å². The highest BCUT2D eigenvalue weighted by Gasteiger charge is 2.44. The van der Waals surface area contributed by atoms with E-state index in [4.69, 9.17) is 10.2 Å². The third-order valence-corrected chi connectivity index (χ3v) is 12.7. The van der Waals surface area contributed by atoms with Crippen LogP contribution < -0.4 is 16.4 Å². The fraction of sp³-hybridized carbons (Fsp3) is 0.800. The first-order chi connectivity index (χ1) is 17.9. The van der Waals surface area contributed by atoms with Gasteiger partial charge in [-0.15, -0.1) is 0 Å². The Bertz CT molecular complexity index is 953. The SMILES string of the molecule is CC(O)C(NC(=O)[C@H]1CCN(C(=O)[C@@H]2CCN(C(=O)C(NC(=O)O)C(C)O[Si](C)(C)C(C)(C)C)C2)C1)C(N)=O. The van der Waals surface area contributed by atoms with Gasteiger partial charge in [0.15, 0.2) is 8.32 Å². The lowest BCUT2D eigenvalue weighted by Crippen LogP contribution is -2.57. The molecule has 6 atom stereocenters. The molecule has 0 aliphatic carbocycles. The minimum absolute atomic E-state index is 0.134. The molecule has 39 heavy (non-hydrogen) atoms. The Hall–Kier alpha value is -2.71. The van der Waals surface area contributed by atoms with Crippen LogP contribution >= 0.6 is 0 Å². The van der Waals surface area contributed by atoms with Gasteiger partial charge >= 0.3 is 6.09 Å². The summed E-state index contributed by atoms with van der Waals surface area (Å²) < 4.78 is 6.30. The molecule has 222 valence electrons. The van der Waals surface area contributed by atoms with E-state index in [1.807, 2.05) is 13.1 Å². The molecule has 14 heteroatoms. The van der Waals surface area contributed by atoms with Crippen LogP contribution in [0, 0.1) is 11.8 Å². The number of aliphatic hydroxyl groups excluding tert-OH is 1. The predicted octanol–water partition coefficient (Wildman–Crippen LogP) is 0.0808. The Morgan fingerprint density at radius 3 is 2.00 bits per heavy atom. The van der Waals surface area contributed by atoms with Gasteiger partial charge in [-0.25, -0.2) is 4.79 Å². The second-order valence-corrected chi connectivity index (χ2v) is 16.9. The van der Waals surface area contributed by atoms with Crippen molar-refractivity contribution in [2.24, 2.45) is 17.6 Å². The topological polar surface area (TPSA) is 192 Å². The molecule has 0 saturated carbocycles. The summed E-state index contributed by atoms with van der Waals surface area (Å²) >= 11 is 0. The van der Waals surface area contributed by atoms with Crippen LogP contribution in [0.2, 0.25) is 18.1 Å². The number of primary amides is 1. The zero-order valence-electron chi connectivity index (χ0n) is 24.0. The first-order valence-corrected chi connectivity index (χ1v) is 16.3. The van der Waals surface area contributed by atoms with E-state index in [1.165, 1.54) is 11.8 Å². The minimum Gasteiger partial charge on any atom is -0.465 e. The summed E-state index contributed by atoms with van der Waals surface area (Å²) in [5.74, 6) is -2.96. The van der Waals surface area contributed by atoms with Crippen molar-refractivity contribution in [3.63, 3.8) is 0 Å². The molecule has 4 unspecified atom stereocenters. The monoisotopic (exact) mass is 571 g/mol. The lowest BCUT2D eigenvalue weighted by atomic mass is 10.1. The van der Waals surface area contributed by atoms with Crippen LogP contribution in [-0.4, -0.2) is 109 Å². The maximum atomic E-state index is 13.4. The Morgan fingerprint density at radius 1 is 0.949 bits per heavy atom. The molecular weight excluding hydrogens is 526 g/mol. The van der Waals surface area contributed by atoms with Crippen molar-refractivity contribution in [2.75, 3.05) is 26.2 Å². The third kappa shape index (κ3) is 8.14. The van der Waals surface area contributed by atoms with Gasteiger partial charge in [0.05, 0.1) is 24.0 Å². The van der Waals surface area contributed by atoms with Gasteiger partial charge < -0.3 is 40.8 Å². The van der Waals surface area contributed by atoms with Gasteiger partial charge in [0, 0.05) is 26.2 Å². The van der Waals surface area contributed by atoms with E-state index < -0.39 is 68.3 Å². The molecule has 0 aromatic rings. The average Bonchev–Trinajstić information content (AvgIpc) is 3.48. The second kappa shape index (κ2) is 12.6. The molecule has 2 saturated heterocycles. The van der Waals surface area contributed by atoms with E-state index in [0.717, 1.165) is 0 Å². The number of rotatable bonds is 10. The quantitative estimate of drug-likeness (QED) is 0.228. The average molecular weight is 572 g/mol. The van der Waals surface area contributed by atoms with Gasteiger partial charge in [0.2, 0.25) is 23.6 Å². The van der Waals surface area contributed by atoms with Crippen molar-refractivity contribution in [3.05, 3.63) is 0 Å². The molecule has 0 aromatic carbocycles. The minimum atomic E-state index is -2.29. The van der Waals surface area contributed by atoms with Gasteiger partial charge in [-0.05, 0) is 44.8 Å². The van der Waals surface area contributed by atoms with Gasteiger partial charge in [-0.1, -0.05) is 20.8 Å². The molecule has 0 aromatic heterocycles. The smallest absolute Gasteiger partial charge is 0.405 e. The molecule has 2 aliphatic rings. The van der Waals surface area contributed by atoms with Crippen LogP contribution in [-0.2, 0) is 23.6 Å². The lowest BCUT2D eigenvalue weighted by Gasteiger charge is -2.40. The first-order valence-electron chi connectivity index (χ1n) is 13.4. The first kappa shape index (κ1) is 32.5. The zero-order chi connectivity index (χ0) is 29.9. The fourth-order valence-corrected chi connectivity index (χ4v) is 6.13. The van der Waals surface area contributed by atoms with Crippen LogP contribution in [0.1, 0.15) is 47.5 Å². The van der Waals surface area contributed by atoms with E-state index in [1.54, 1.807) is 11.8 Å². The molecule has 2 fully saturated rings. The Morgan fingerprint density at radius 2 is 1.49 bits per heavy atom. The summed E-state index contributed by atoms with van der Waals surface area (Å²) in [6, 6.07) is -2.33. The molecule has 2 aliphatic heterocycles. The molecule has 13 nitrogen and oxygen atoms in total. The predicted molar refractivity (Wildman–Crippen MR) is 145 cm³/mol. The van der Waals surface area contributed by atoms with Crippen LogP contribution in [0.5, 0.6) is 0 Å². The van der Waals surface area contributed by atoms with E-state index in [2.05, 4.69) is 31.4 Å². The number of hydrogen-bond acceptors (Lipinski definition) is 7. The molecule has 6 N–H and O–H groups in total. The van der Waals surface area contributed by atoms with Gasteiger partial charge in [-0.2, -0.15) is 0 Å². The number of hydrogen-bond donors (Lipinski definition) is 5. The number of carbonyl (C=O) groups is 5. The number of amides is 5. The summed E-state index contributed by atoms with van der Waals surface area (Å²) in [6.45, 7) is 14.2. The number of carboxylic acid groups (broad SMARTS) is 1. The number of nitrogens with zero attached hydrogens (tertiary/aromatic N) is 2. The molecule has 5 amide bonds. The lowest BCUT2D eigenvalue weighted by molar-refractivity contribution is -0.136. The number of likely N-dealkylation sites (tertiary alicyclic amines) is 2. The van der Waals surface area contributed by atoms with Crippen molar-refractivity contribution in [1.29, 1.82) is 0 Å². The number of nitrogens with one attached hydrogen (secondary N) is 2. The highest BCUT2D eigenvalue weighted by molar-refractivity contribution is 6.74. The summed E-state index contributed by atoms with van der Waals surface area (Å²) in [7, 11) is -2.29. The number of nitrogens with two attached hydrogens (primary N) is 1. The van der Waals surface area contributed by atoms with Crippen LogP contribution in [0.3, 0.4) is 0 Å². The van der Waals surface area contributed by atoms with Gasteiger partial charge in [0.25, 0.3) is 0 Å². The highest BCUT2D eigenvalue weighted by atomic mass is 28.4. The van der Waals surface area contributed by atoms with Gasteiger partial charge in [0.1, 0.15) is 12.1 Å². The number of aliphatic hydroxyl groups is 1. The maximum Gasteiger partial charge on any atom is 0.405 e. The normalized spacial score (nSPS) is 23.1.